The highest BCUT2D eigenvalue weighted by Gasteiger charge is 2.16. The molecule has 108 valence electrons. The van der Waals surface area contributed by atoms with Gasteiger partial charge in [-0.25, -0.2) is 8.42 Å². The second-order valence-corrected chi connectivity index (χ2v) is 7.08. The number of benzene rings is 1. The number of fused-ring (bicyclic) bond motifs is 1. The zero-order valence-electron chi connectivity index (χ0n) is 11.0. The molecule has 0 aliphatic heterocycles. The molecule has 0 spiro atoms. The van der Waals surface area contributed by atoms with E-state index in [2.05, 4.69) is 9.71 Å². The van der Waals surface area contributed by atoms with Crippen LogP contribution in [0.5, 0.6) is 0 Å². The normalized spacial score (nSPS) is 11.7. The lowest BCUT2D eigenvalue weighted by Crippen LogP contribution is -2.13. The fourth-order valence-corrected chi connectivity index (χ4v) is 3.98. The van der Waals surface area contributed by atoms with Gasteiger partial charge in [-0.1, -0.05) is 11.3 Å². The third-order valence-corrected chi connectivity index (χ3v) is 5.36. The molecule has 0 radical (unpaired) electrons. The van der Waals surface area contributed by atoms with Gasteiger partial charge in [-0.15, -0.1) is 0 Å². The highest BCUT2D eigenvalue weighted by Crippen LogP contribution is 2.22. The molecule has 0 saturated heterocycles. The Morgan fingerprint density at radius 3 is 2.81 bits per heavy atom. The Morgan fingerprint density at radius 1 is 1.29 bits per heavy atom. The SMILES string of the molecule is Cn1c(=O)sc2cc(S(=O)(=O)Nc3cccnc3)ccc21. The van der Waals surface area contributed by atoms with Gasteiger partial charge in [-0.3, -0.25) is 14.5 Å². The minimum Gasteiger partial charge on any atom is -0.302 e. The summed E-state index contributed by atoms with van der Waals surface area (Å²) in [5.41, 5.74) is 1.10. The van der Waals surface area contributed by atoms with E-state index in [1.54, 1.807) is 31.4 Å². The second-order valence-electron chi connectivity index (χ2n) is 4.40. The number of nitrogens with zero attached hydrogens (tertiary/aromatic N) is 2. The molecule has 6 nitrogen and oxygen atoms in total. The molecule has 21 heavy (non-hydrogen) atoms. The smallest absolute Gasteiger partial charge is 0.302 e. The van der Waals surface area contributed by atoms with Crippen LogP contribution in [0.4, 0.5) is 5.69 Å². The van der Waals surface area contributed by atoms with Gasteiger partial charge in [0.25, 0.3) is 10.0 Å². The van der Waals surface area contributed by atoms with Gasteiger partial charge in [0.05, 0.1) is 27.0 Å². The van der Waals surface area contributed by atoms with Crippen molar-refractivity contribution in [2.24, 2.45) is 7.05 Å². The molecule has 0 atom stereocenters. The molecular formula is C13H11N3O3S2. The van der Waals surface area contributed by atoms with Crippen LogP contribution in [0.1, 0.15) is 0 Å². The van der Waals surface area contributed by atoms with E-state index in [1.807, 2.05) is 0 Å². The minimum atomic E-state index is -3.70. The predicted octanol–water partition coefficient (Wildman–Crippen LogP) is 1.80. The summed E-state index contributed by atoms with van der Waals surface area (Å²) >= 11 is 1.02. The number of hydrogen-bond acceptors (Lipinski definition) is 5. The first-order valence-electron chi connectivity index (χ1n) is 6.00. The fraction of sp³-hybridized carbons (Fsp3) is 0.0769. The highest BCUT2D eigenvalue weighted by atomic mass is 32.2. The molecule has 8 heteroatoms. The number of rotatable bonds is 3. The van der Waals surface area contributed by atoms with E-state index < -0.39 is 10.0 Å². The first kappa shape index (κ1) is 13.8. The van der Waals surface area contributed by atoms with Crippen LogP contribution in [-0.2, 0) is 17.1 Å². The average molecular weight is 321 g/mol. The van der Waals surface area contributed by atoms with Crippen LogP contribution < -0.4 is 9.60 Å². The molecule has 0 aliphatic rings. The Kier molecular flexibility index (Phi) is 3.26. The van der Waals surface area contributed by atoms with E-state index in [-0.39, 0.29) is 9.77 Å². The lowest BCUT2D eigenvalue weighted by molar-refractivity contribution is 0.601. The quantitative estimate of drug-likeness (QED) is 0.797. The largest absolute Gasteiger partial charge is 0.307 e. The van der Waals surface area contributed by atoms with E-state index in [0.717, 1.165) is 11.3 Å². The lowest BCUT2D eigenvalue weighted by Gasteiger charge is -2.07. The van der Waals surface area contributed by atoms with Gasteiger partial charge >= 0.3 is 4.87 Å². The standard InChI is InChI=1S/C13H11N3O3S2/c1-16-11-5-4-10(7-12(11)20-13(16)17)21(18,19)15-9-3-2-6-14-8-9/h2-8,15H,1H3. The van der Waals surface area contributed by atoms with Gasteiger partial charge in [0.1, 0.15) is 0 Å². The zero-order valence-corrected chi connectivity index (χ0v) is 12.6. The van der Waals surface area contributed by atoms with Crippen LogP contribution in [0.15, 0.2) is 52.4 Å². The van der Waals surface area contributed by atoms with E-state index in [9.17, 15) is 13.2 Å². The van der Waals surface area contributed by atoms with Gasteiger partial charge in [-0.2, -0.15) is 0 Å². The Labute approximate surface area is 124 Å². The van der Waals surface area contributed by atoms with Crippen molar-refractivity contribution in [2.45, 2.75) is 4.90 Å². The van der Waals surface area contributed by atoms with E-state index in [1.165, 1.54) is 22.9 Å². The maximum Gasteiger partial charge on any atom is 0.307 e. The summed E-state index contributed by atoms with van der Waals surface area (Å²) in [5.74, 6) is 0. The Hall–Kier alpha value is -2.19. The number of thiazole rings is 1. The second kappa shape index (κ2) is 4.97. The molecule has 1 aromatic carbocycles. The summed E-state index contributed by atoms with van der Waals surface area (Å²) in [4.78, 5) is 15.4. The van der Waals surface area contributed by atoms with Crippen LogP contribution in [0.2, 0.25) is 0 Å². The van der Waals surface area contributed by atoms with Crippen LogP contribution in [0, 0.1) is 0 Å². The Balaban J connectivity index is 2.05. The maximum absolute atomic E-state index is 12.3. The van der Waals surface area contributed by atoms with Gasteiger partial charge in [-0.05, 0) is 30.3 Å². The summed E-state index contributed by atoms with van der Waals surface area (Å²) < 4.78 is 29.2. The van der Waals surface area contributed by atoms with Crippen molar-refractivity contribution in [1.29, 1.82) is 0 Å². The summed E-state index contributed by atoms with van der Waals surface area (Å²) in [6.45, 7) is 0. The minimum absolute atomic E-state index is 0.112. The molecule has 0 amide bonds. The van der Waals surface area contributed by atoms with Crippen LogP contribution in [0.25, 0.3) is 10.2 Å². The number of aromatic nitrogens is 2. The molecule has 0 unspecified atom stereocenters. The maximum atomic E-state index is 12.3. The average Bonchev–Trinajstić information content (AvgIpc) is 2.74. The van der Waals surface area contributed by atoms with Crippen molar-refractivity contribution in [1.82, 2.24) is 9.55 Å². The van der Waals surface area contributed by atoms with Crippen LogP contribution in [0.3, 0.4) is 0 Å². The molecule has 0 fully saturated rings. The summed E-state index contributed by atoms with van der Waals surface area (Å²) in [6, 6.07) is 7.87. The number of sulfonamides is 1. The topological polar surface area (TPSA) is 81.1 Å². The molecule has 0 aliphatic carbocycles. The Morgan fingerprint density at radius 2 is 2.10 bits per heavy atom. The van der Waals surface area contributed by atoms with Crippen LogP contribution >= 0.6 is 11.3 Å². The number of aryl methyl sites for hydroxylation is 1. The zero-order chi connectivity index (χ0) is 15.0. The molecule has 3 aromatic rings. The number of pyridine rings is 1. The third kappa shape index (κ3) is 2.55. The van der Waals surface area contributed by atoms with Gasteiger partial charge in [0.15, 0.2) is 0 Å². The molecular weight excluding hydrogens is 310 g/mol. The number of hydrogen-bond donors (Lipinski definition) is 1. The number of anilines is 1. The number of nitrogens with one attached hydrogen (secondary N) is 1. The third-order valence-electron chi connectivity index (χ3n) is 2.99. The summed E-state index contributed by atoms with van der Waals surface area (Å²) in [6.07, 6.45) is 2.99. The van der Waals surface area contributed by atoms with E-state index in [4.69, 9.17) is 0 Å². The summed E-state index contributed by atoms with van der Waals surface area (Å²) in [7, 11) is -2.05. The first-order chi connectivity index (χ1) is 9.97. The lowest BCUT2D eigenvalue weighted by atomic mass is 10.3. The first-order valence-corrected chi connectivity index (χ1v) is 8.30. The fourth-order valence-electron chi connectivity index (χ4n) is 1.92. The van der Waals surface area contributed by atoms with E-state index >= 15 is 0 Å². The van der Waals surface area contributed by atoms with Crippen molar-refractivity contribution in [3.05, 3.63) is 52.4 Å². The Bertz CT molecular complexity index is 959. The molecule has 1 N–H and O–H groups in total. The molecule has 0 bridgehead atoms. The van der Waals surface area contributed by atoms with Crippen molar-refractivity contribution >= 4 is 37.3 Å². The molecule has 3 rings (SSSR count). The molecule has 2 aromatic heterocycles. The molecule has 2 heterocycles. The highest BCUT2D eigenvalue weighted by molar-refractivity contribution is 7.92. The van der Waals surface area contributed by atoms with Gasteiger partial charge < -0.3 is 4.57 Å². The van der Waals surface area contributed by atoms with Crippen molar-refractivity contribution in [3.8, 4) is 0 Å². The summed E-state index contributed by atoms with van der Waals surface area (Å²) in [5, 5.41) is 0. The van der Waals surface area contributed by atoms with Crippen molar-refractivity contribution in [3.63, 3.8) is 0 Å². The predicted molar refractivity (Wildman–Crippen MR) is 82.1 cm³/mol. The van der Waals surface area contributed by atoms with Crippen LogP contribution in [-0.4, -0.2) is 18.0 Å². The monoisotopic (exact) mass is 321 g/mol. The van der Waals surface area contributed by atoms with E-state index in [0.29, 0.717) is 15.9 Å². The molecule has 0 saturated carbocycles. The van der Waals surface area contributed by atoms with Crippen molar-refractivity contribution in [2.75, 3.05) is 4.72 Å². The van der Waals surface area contributed by atoms with Gasteiger partial charge in [0, 0.05) is 13.2 Å². The van der Waals surface area contributed by atoms with Crippen molar-refractivity contribution < 1.29 is 8.42 Å². The van der Waals surface area contributed by atoms with Gasteiger partial charge in [0.2, 0.25) is 0 Å².